The lowest BCUT2D eigenvalue weighted by Crippen LogP contribution is -2.28. The van der Waals surface area contributed by atoms with E-state index in [-0.39, 0.29) is 23.9 Å². The SMILES string of the molecule is CC(C)CNS(=O)(=O)c1cc(CN)ccc1F. The van der Waals surface area contributed by atoms with Gasteiger partial charge in [-0.2, -0.15) is 0 Å². The van der Waals surface area contributed by atoms with Crippen molar-refractivity contribution in [3.05, 3.63) is 29.6 Å². The molecular formula is C11H17FN2O2S. The van der Waals surface area contributed by atoms with Crippen LogP contribution in [0.25, 0.3) is 0 Å². The monoisotopic (exact) mass is 260 g/mol. The van der Waals surface area contributed by atoms with Gasteiger partial charge in [-0.25, -0.2) is 17.5 Å². The van der Waals surface area contributed by atoms with Crippen molar-refractivity contribution in [3.63, 3.8) is 0 Å². The predicted octanol–water partition coefficient (Wildman–Crippen LogP) is 1.22. The van der Waals surface area contributed by atoms with Gasteiger partial charge in [-0.05, 0) is 23.6 Å². The molecule has 0 fully saturated rings. The molecule has 0 aromatic heterocycles. The maximum Gasteiger partial charge on any atom is 0.243 e. The van der Waals surface area contributed by atoms with Crippen molar-refractivity contribution in [1.29, 1.82) is 0 Å². The summed E-state index contributed by atoms with van der Waals surface area (Å²) in [7, 11) is -3.80. The number of benzene rings is 1. The van der Waals surface area contributed by atoms with Gasteiger partial charge in [0.25, 0.3) is 0 Å². The minimum Gasteiger partial charge on any atom is -0.326 e. The summed E-state index contributed by atoms with van der Waals surface area (Å²) >= 11 is 0. The van der Waals surface area contributed by atoms with Crippen LogP contribution in [0.5, 0.6) is 0 Å². The number of hydrogen-bond acceptors (Lipinski definition) is 3. The highest BCUT2D eigenvalue weighted by Crippen LogP contribution is 2.16. The minimum absolute atomic E-state index is 0.158. The van der Waals surface area contributed by atoms with Gasteiger partial charge in [0.05, 0.1) is 0 Å². The van der Waals surface area contributed by atoms with Crippen LogP contribution in [0.4, 0.5) is 4.39 Å². The topological polar surface area (TPSA) is 72.2 Å². The molecule has 4 nitrogen and oxygen atoms in total. The average molecular weight is 260 g/mol. The quantitative estimate of drug-likeness (QED) is 0.836. The van der Waals surface area contributed by atoms with Crippen molar-refractivity contribution in [2.45, 2.75) is 25.3 Å². The first-order valence-corrected chi connectivity index (χ1v) is 6.83. The molecule has 1 rings (SSSR count). The van der Waals surface area contributed by atoms with Gasteiger partial charge >= 0.3 is 0 Å². The molecule has 0 aliphatic carbocycles. The Kier molecular flexibility index (Phi) is 4.62. The second-order valence-electron chi connectivity index (χ2n) is 4.21. The van der Waals surface area contributed by atoms with Crippen LogP contribution in [-0.4, -0.2) is 15.0 Å². The lowest BCUT2D eigenvalue weighted by atomic mass is 10.2. The third kappa shape index (κ3) is 3.76. The van der Waals surface area contributed by atoms with E-state index in [1.165, 1.54) is 12.1 Å². The number of nitrogens with two attached hydrogens (primary N) is 1. The summed E-state index contributed by atoms with van der Waals surface area (Å²) in [5.41, 5.74) is 5.98. The molecule has 1 aromatic carbocycles. The maximum absolute atomic E-state index is 13.5. The van der Waals surface area contributed by atoms with Gasteiger partial charge in [0, 0.05) is 13.1 Å². The number of nitrogens with one attached hydrogen (secondary N) is 1. The Balaban J connectivity index is 3.05. The van der Waals surface area contributed by atoms with E-state index >= 15 is 0 Å². The molecule has 0 saturated heterocycles. The van der Waals surface area contributed by atoms with Crippen LogP contribution in [-0.2, 0) is 16.6 Å². The van der Waals surface area contributed by atoms with Crippen LogP contribution in [0.15, 0.2) is 23.1 Å². The molecule has 6 heteroatoms. The van der Waals surface area contributed by atoms with E-state index in [1.807, 2.05) is 13.8 Å². The molecule has 0 spiro atoms. The Morgan fingerprint density at radius 1 is 1.41 bits per heavy atom. The van der Waals surface area contributed by atoms with Crippen molar-refractivity contribution >= 4 is 10.0 Å². The Morgan fingerprint density at radius 2 is 2.06 bits per heavy atom. The molecule has 0 aliphatic heterocycles. The maximum atomic E-state index is 13.5. The highest BCUT2D eigenvalue weighted by molar-refractivity contribution is 7.89. The molecule has 0 aliphatic rings. The number of sulfonamides is 1. The standard InChI is InChI=1S/C11H17FN2O2S/c1-8(2)7-14-17(15,16)11-5-9(6-13)3-4-10(11)12/h3-5,8,14H,6-7,13H2,1-2H3. The van der Waals surface area contributed by atoms with Gasteiger partial charge in [0.2, 0.25) is 10.0 Å². The summed E-state index contributed by atoms with van der Waals surface area (Å²) in [5, 5.41) is 0. The average Bonchev–Trinajstić information content (AvgIpc) is 2.27. The largest absolute Gasteiger partial charge is 0.326 e. The van der Waals surface area contributed by atoms with Gasteiger partial charge in [0.15, 0.2) is 0 Å². The van der Waals surface area contributed by atoms with E-state index in [4.69, 9.17) is 5.73 Å². The van der Waals surface area contributed by atoms with Crippen LogP contribution in [0.3, 0.4) is 0 Å². The molecule has 96 valence electrons. The highest BCUT2D eigenvalue weighted by atomic mass is 32.2. The van der Waals surface area contributed by atoms with E-state index in [2.05, 4.69) is 4.72 Å². The van der Waals surface area contributed by atoms with Crippen LogP contribution in [0.1, 0.15) is 19.4 Å². The molecule has 0 bridgehead atoms. The van der Waals surface area contributed by atoms with Gasteiger partial charge in [-0.15, -0.1) is 0 Å². The lowest BCUT2D eigenvalue weighted by Gasteiger charge is -2.10. The van der Waals surface area contributed by atoms with Crippen molar-refractivity contribution < 1.29 is 12.8 Å². The van der Waals surface area contributed by atoms with Crippen LogP contribution < -0.4 is 10.5 Å². The Labute approximate surface area is 101 Å². The summed E-state index contributed by atoms with van der Waals surface area (Å²) in [6, 6.07) is 3.85. The molecule has 0 atom stereocenters. The van der Waals surface area contributed by atoms with Crippen molar-refractivity contribution in [2.75, 3.05) is 6.54 Å². The Bertz CT molecular complexity index is 486. The molecule has 1 aromatic rings. The first-order chi connectivity index (χ1) is 7.86. The van der Waals surface area contributed by atoms with E-state index in [0.717, 1.165) is 6.07 Å². The van der Waals surface area contributed by atoms with Gasteiger partial charge in [0.1, 0.15) is 10.7 Å². The summed E-state index contributed by atoms with van der Waals surface area (Å²) in [6.07, 6.45) is 0. The van der Waals surface area contributed by atoms with Crippen LogP contribution >= 0.6 is 0 Å². The molecular weight excluding hydrogens is 243 g/mol. The number of rotatable bonds is 5. The first-order valence-electron chi connectivity index (χ1n) is 5.35. The number of hydrogen-bond donors (Lipinski definition) is 2. The van der Waals surface area contributed by atoms with Crippen molar-refractivity contribution in [3.8, 4) is 0 Å². The first kappa shape index (κ1) is 14.1. The zero-order valence-electron chi connectivity index (χ0n) is 9.90. The van der Waals surface area contributed by atoms with E-state index in [0.29, 0.717) is 5.56 Å². The summed E-state index contributed by atoms with van der Waals surface area (Å²) in [4.78, 5) is -0.346. The number of halogens is 1. The Hall–Kier alpha value is -0.980. The minimum atomic E-state index is -3.80. The molecule has 3 N–H and O–H groups in total. The molecule has 17 heavy (non-hydrogen) atoms. The lowest BCUT2D eigenvalue weighted by molar-refractivity contribution is 0.543. The van der Waals surface area contributed by atoms with E-state index < -0.39 is 15.8 Å². The third-order valence-electron chi connectivity index (χ3n) is 2.20. The fourth-order valence-corrected chi connectivity index (χ4v) is 2.57. The fourth-order valence-electron chi connectivity index (χ4n) is 1.23. The molecule has 0 amide bonds. The fraction of sp³-hybridized carbons (Fsp3) is 0.455. The third-order valence-corrected chi connectivity index (χ3v) is 3.64. The van der Waals surface area contributed by atoms with Crippen molar-refractivity contribution in [2.24, 2.45) is 11.7 Å². The second kappa shape index (κ2) is 5.57. The molecule has 0 radical (unpaired) electrons. The van der Waals surface area contributed by atoms with Crippen LogP contribution in [0.2, 0.25) is 0 Å². The normalized spacial score (nSPS) is 12.1. The Morgan fingerprint density at radius 3 is 2.59 bits per heavy atom. The van der Waals surface area contributed by atoms with Gasteiger partial charge in [-0.3, -0.25) is 0 Å². The van der Waals surface area contributed by atoms with E-state index in [1.54, 1.807) is 0 Å². The molecule has 0 unspecified atom stereocenters. The van der Waals surface area contributed by atoms with Crippen LogP contribution in [0, 0.1) is 11.7 Å². The van der Waals surface area contributed by atoms with E-state index in [9.17, 15) is 12.8 Å². The zero-order valence-corrected chi connectivity index (χ0v) is 10.7. The molecule has 0 saturated carbocycles. The summed E-state index contributed by atoms with van der Waals surface area (Å²) in [5.74, 6) is -0.607. The summed E-state index contributed by atoms with van der Waals surface area (Å²) in [6.45, 7) is 4.19. The van der Waals surface area contributed by atoms with Crippen molar-refractivity contribution in [1.82, 2.24) is 4.72 Å². The van der Waals surface area contributed by atoms with Gasteiger partial charge < -0.3 is 5.73 Å². The molecule has 0 heterocycles. The predicted molar refractivity (Wildman–Crippen MR) is 64.3 cm³/mol. The second-order valence-corrected chi connectivity index (χ2v) is 5.95. The highest BCUT2D eigenvalue weighted by Gasteiger charge is 2.19. The smallest absolute Gasteiger partial charge is 0.243 e. The van der Waals surface area contributed by atoms with Gasteiger partial charge in [-0.1, -0.05) is 19.9 Å². The summed E-state index contributed by atoms with van der Waals surface area (Å²) < 4.78 is 39.5. The zero-order chi connectivity index (χ0) is 13.1.